The third-order valence-electron chi connectivity index (χ3n) is 3.03. The molecule has 0 saturated carbocycles. The van der Waals surface area contributed by atoms with E-state index in [1.165, 1.54) is 13.2 Å². The van der Waals surface area contributed by atoms with Crippen LogP contribution in [0.2, 0.25) is 0 Å². The minimum Gasteiger partial charge on any atom is -0.465 e. The topological polar surface area (TPSA) is 55.6 Å². The van der Waals surface area contributed by atoms with Gasteiger partial charge in [-0.15, -0.1) is 0 Å². The second kappa shape index (κ2) is 5.61. The molecule has 0 aliphatic heterocycles. The number of hydrogen-bond donors (Lipinski definition) is 1. The summed E-state index contributed by atoms with van der Waals surface area (Å²) in [7, 11) is 2.97. The molecule has 0 atom stereocenters. The molecule has 2 aromatic carbocycles. The van der Waals surface area contributed by atoms with Crippen molar-refractivity contribution < 1.29 is 13.9 Å². The van der Waals surface area contributed by atoms with Gasteiger partial charge in [0.25, 0.3) is 0 Å². The first kappa shape index (κ1) is 13.9. The quantitative estimate of drug-likeness (QED) is 0.690. The molecule has 0 aliphatic rings. The lowest BCUT2D eigenvalue weighted by atomic mass is 10.1. The predicted molar refractivity (Wildman–Crippen MR) is 76.7 cm³/mol. The minimum absolute atomic E-state index is 0.0551. The average molecular weight is 274 g/mol. The molecule has 2 rings (SSSR count). The smallest absolute Gasteiger partial charge is 0.340 e. The lowest BCUT2D eigenvalue weighted by molar-refractivity contribution is 0.0602. The summed E-state index contributed by atoms with van der Waals surface area (Å²) in [5.41, 5.74) is 6.90. The van der Waals surface area contributed by atoms with Crippen LogP contribution >= 0.6 is 0 Å². The molecule has 0 heterocycles. The molecule has 0 unspecified atom stereocenters. The van der Waals surface area contributed by atoms with Crippen LogP contribution in [0.3, 0.4) is 0 Å². The normalized spacial score (nSPS) is 10.2. The molecule has 0 saturated heterocycles. The van der Waals surface area contributed by atoms with Crippen molar-refractivity contribution in [3.05, 3.63) is 53.8 Å². The number of benzene rings is 2. The summed E-state index contributed by atoms with van der Waals surface area (Å²) >= 11 is 0. The van der Waals surface area contributed by atoms with E-state index in [0.29, 0.717) is 0 Å². The Hall–Kier alpha value is -2.56. The Bertz CT molecular complexity index is 629. The number of nitrogens with two attached hydrogens (primary N) is 1. The van der Waals surface area contributed by atoms with Crippen molar-refractivity contribution in [2.45, 2.75) is 0 Å². The van der Waals surface area contributed by atoms with E-state index < -0.39 is 11.8 Å². The van der Waals surface area contributed by atoms with Crippen LogP contribution in [0.4, 0.5) is 21.5 Å². The zero-order valence-electron chi connectivity index (χ0n) is 11.3. The molecule has 104 valence electrons. The highest BCUT2D eigenvalue weighted by Gasteiger charge is 2.17. The van der Waals surface area contributed by atoms with Crippen LogP contribution in [0.15, 0.2) is 42.5 Å². The fraction of sp³-hybridized carbons (Fsp3) is 0.133. The molecule has 0 bridgehead atoms. The van der Waals surface area contributed by atoms with Gasteiger partial charge in [-0.3, -0.25) is 0 Å². The summed E-state index contributed by atoms with van der Waals surface area (Å²) in [5.74, 6) is -1.09. The lowest BCUT2D eigenvalue weighted by Gasteiger charge is -2.21. The Morgan fingerprint density at radius 3 is 2.50 bits per heavy atom. The number of ether oxygens (including phenoxy) is 1. The maximum atomic E-state index is 14.1. The molecule has 0 spiro atoms. The molecule has 20 heavy (non-hydrogen) atoms. The molecule has 0 radical (unpaired) electrons. The molecule has 4 nitrogen and oxygen atoms in total. The van der Waals surface area contributed by atoms with Gasteiger partial charge in [-0.05, 0) is 24.3 Å². The van der Waals surface area contributed by atoms with Gasteiger partial charge in [-0.25, -0.2) is 9.18 Å². The second-order valence-electron chi connectivity index (χ2n) is 4.28. The van der Waals surface area contributed by atoms with Crippen LogP contribution < -0.4 is 10.6 Å². The highest BCUT2D eigenvalue weighted by Crippen LogP contribution is 2.30. The number of halogens is 1. The molecular weight excluding hydrogens is 259 g/mol. The maximum absolute atomic E-state index is 14.1. The predicted octanol–water partition coefficient (Wildman–Crippen LogP) is 2.96. The third kappa shape index (κ3) is 2.56. The first-order valence-electron chi connectivity index (χ1n) is 6.00. The van der Waals surface area contributed by atoms with Crippen molar-refractivity contribution in [2.24, 2.45) is 0 Å². The number of para-hydroxylation sites is 1. The summed E-state index contributed by atoms with van der Waals surface area (Å²) in [6.07, 6.45) is 0. The van der Waals surface area contributed by atoms with Crippen molar-refractivity contribution in [1.82, 2.24) is 0 Å². The molecule has 2 N–H and O–H groups in total. The zero-order valence-corrected chi connectivity index (χ0v) is 11.3. The monoisotopic (exact) mass is 274 g/mol. The van der Waals surface area contributed by atoms with Gasteiger partial charge in [0.05, 0.1) is 18.4 Å². The zero-order chi connectivity index (χ0) is 14.7. The van der Waals surface area contributed by atoms with E-state index in [4.69, 9.17) is 5.73 Å². The van der Waals surface area contributed by atoms with Crippen molar-refractivity contribution in [3.63, 3.8) is 0 Å². The number of carbonyl (C=O) groups is 1. The van der Waals surface area contributed by atoms with Crippen LogP contribution in [0, 0.1) is 5.82 Å². The molecule has 0 aliphatic carbocycles. The molecule has 0 fully saturated rings. The van der Waals surface area contributed by atoms with Crippen molar-refractivity contribution in [2.75, 3.05) is 24.8 Å². The molecule has 5 heteroatoms. The van der Waals surface area contributed by atoms with E-state index in [-0.39, 0.29) is 16.9 Å². The van der Waals surface area contributed by atoms with Gasteiger partial charge in [0.2, 0.25) is 0 Å². The second-order valence-corrected chi connectivity index (χ2v) is 4.28. The lowest BCUT2D eigenvalue weighted by Crippen LogP contribution is -2.14. The third-order valence-corrected chi connectivity index (χ3v) is 3.03. The number of rotatable bonds is 3. The molecule has 0 amide bonds. The summed E-state index contributed by atoms with van der Waals surface area (Å²) < 4.78 is 18.7. The first-order chi connectivity index (χ1) is 9.54. The number of hydrogen-bond acceptors (Lipinski definition) is 4. The largest absolute Gasteiger partial charge is 0.465 e. The van der Waals surface area contributed by atoms with Crippen molar-refractivity contribution >= 4 is 23.0 Å². The fourth-order valence-electron chi connectivity index (χ4n) is 1.91. The van der Waals surface area contributed by atoms with E-state index in [2.05, 4.69) is 4.74 Å². The summed E-state index contributed by atoms with van der Waals surface area (Å²) in [6.45, 7) is 0. The van der Waals surface area contributed by atoms with E-state index in [9.17, 15) is 9.18 Å². The average Bonchev–Trinajstić information content (AvgIpc) is 2.47. The van der Waals surface area contributed by atoms with Gasteiger partial charge in [0.15, 0.2) is 0 Å². The van der Waals surface area contributed by atoms with E-state index in [1.54, 1.807) is 11.9 Å². The minimum atomic E-state index is -0.592. The highest BCUT2D eigenvalue weighted by molar-refractivity contribution is 5.96. The van der Waals surface area contributed by atoms with E-state index in [0.717, 1.165) is 11.8 Å². The van der Waals surface area contributed by atoms with Gasteiger partial charge in [-0.2, -0.15) is 0 Å². The standard InChI is InChI=1S/C15H15FN2O2/c1-18(10-6-4-3-5-7-10)14-8-11(15(19)20-2)13(17)9-12(14)16/h3-9H,17H2,1-2H3. The number of nitrogens with zero attached hydrogens (tertiary/aromatic N) is 1. The fourth-order valence-corrected chi connectivity index (χ4v) is 1.91. The number of esters is 1. The Balaban J connectivity index is 2.49. The van der Waals surface area contributed by atoms with Gasteiger partial charge in [0.1, 0.15) is 5.82 Å². The highest BCUT2D eigenvalue weighted by atomic mass is 19.1. The number of anilines is 3. The molecule has 0 aromatic heterocycles. The summed E-state index contributed by atoms with van der Waals surface area (Å²) in [5, 5.41) is 0. The van der Waals surface area contributed by atoms with Crippen LogP contribution in [0.1, 0.15) is 10.4 Å². The Morgan fingerprint density at radius 2 is 1.90 bits per heavy atom. The Morgan fingerprint density at radius 1 is 1.25 bits per heavy atom. The van der Waals surface area contributed by atoms with E-state index in [1.807, 2.05) is 30.3 Å². The van der Waals surface area contributed by atoms with Gasteiger partial charge in [-0.1, -0.05) is 18.2 Å². The molecule has 2 aromatic rings. The van der Waals surface area contributed by atoms with Crippen LogP contribution in [-0.2, 0) is 4.74 Å². The first-order valence-corrected chi connectivity index (χ1v) is 6.00. The van der Waals surface area contributed by atoms with Crippen LogP contribution in [-0.4, -0.2) is 20.1 Å². The SMILES string of the molecule is COC(=O)c1cc(N(C)c2ccccc2)c(F)cc1N. The van der Waals surface area contributed by atoms with Crippen molar-refractivity contribution in [3.8, 4) is 0 Å². The van der Waals surface area contributed by atoms with Crippen LogP contribution in [0.5, 0.6) is 0 Å². The van der Waals surface area contributed by atoms with Gasteiger partial charge in [0, 0.05) is 18.4 Å². The maximum Gasteiger partial charge on any atom is 0.340 e. The van der Waals surface area contributed by atoms with Crippen molar-refractivity contribution in [1.29, 1.82) is 0 Å². The number of methoxy groups -OCH3 is 1. The summed E-state index contributed by atoms with van der Waals surface area (Å²) in [4.78, 5) is 13.3. The van der Waals surface area contributed by atoms with Gasteiger partial charge < -0.3 is 15.4 Å². The van der Waals surface area contributed by atoms with Crippen LogP contribution in [0.25, 0.3) is 0 Å². The van der Waals surface area contributed by atoms with E-state index >= 15 is 0 Å². The number of carbonyl (C=O) groups excluding carboxylic acids is 1. The number of nitrogen functional groups attached to an aromatic ring is 1. The molecular formula is C15H15FN2O2. The summed E-state index contributed by atoms with van der Waals surface area (Å²) in [6, 6.07) is 11.8. The van der Waals surface area contributed by atoms with Gasteiger partial charge >= 0.3 is 5.97 Å². The Kier molecular flexibility index (Phi) is 3.89. The Labute approximate surface area is 116 Å².